The molecule has 0 aromatic heterocycles. The molecule has 0 saturated heterocycles. The number of hydrogen-bond donors (Lipinski definition) is 1. The van der Waals surface area contributed by atoms with Gasteiger partial charge in [0, 0.05) is 5.41 Å². The van der Waals surface area contributed by atoms with E-state index < -0.39 is 11.6 Å². The van der Waals surface area contributed by atoms with Gasteiger partial charge in [-0.15, -0.1) is 0 Å². The third-order valence-corrected chi connectivity index (χ3v) is 3.43. The predicted octanol–water partition coefficient (Wildman–Crippen LogP) is 2.08. The highest BCUT2D eigenvalue weighted by Gasteiger charge is 2.73. The van der Waals surface area contributed by atoms with Crippen molar-refractivity contribution < 1.29 is 14.6 Å². The Bertz CT molecular complexity index is 268. The lowest BCUT2D eigenvalue weighted by Gasteiger charge is -2.13. The number of rotatable bonds is 4. The van der Waals surface area contributed by atoms with E-state index in [0.717, 1.165) is 0 Å². The average molecular weight is 198 g/mol. The maximum absolute atomic E-state index is 10.9. The van der Waals surface area contributed by atoms with Gasteiger partial charge in [-0.1, -0.05) is 26.0 Å². The number of allylic oxidation sites excluding steroid dienone is 1. The molecule has 80 valence electrons. The summed E-state index contributed by atoms with van der Waals surface area (Å²) in [7, 11) is 0. The fraction of sp³-hybridized carbons (Fsp3) is 0.727. The van der Waals surface area contributed by atoms with Crippen molar-refractivity contribution in [1.82, 2.24) is 0 Å². The molecular formula is C11H18O3. The predicted molar refractivity (Wildman–Crippen MR) is 54.1 cm³/mol. The van der Waals surface area contributed by atoms with Gasteiger partial charge in [-0.3, -0.25) is 4.79 Å². The van der Waals surface area contributed by atoms with E-state index in [1.165, 1.54) is 0 Å². The average Bonchev–Trinajstić information content (AvgIpc) is 2.46. The highest BCUT2D eigenvalue weighted by molar-refractivity contribution is 5.77. The molecule has 0 heterocycles. The Morgan fingerprint density at radius 3 is 2.43 bits per heavy atom. The first-order valence-electron chi connectivity index (χ1n) is 4.86. The molecule has 3 heteroatoms. The molecule has 0 amide bonds. The number of aliphatic carboxylic acids is 1. The van der Waals surface area contributed by atoms with Crippen LogP contribution >= 0.6 is 0 Å². The highest BCUT2D eigenvalue weighted by Crippen LogP contribution is 2.63. The fourth-order valence-electron chi connectivity index (χ4n) is 2.07. The van der Waals surface area contributed by atoms with Gasteiger partial charge in [0.15, 0.2) is 0 Å². The van der Waals surface area contributed by atoms with Gasteiger partial charge < -0.3 is 9.84 Å². The summed E-state index contributed by atoms with van der Waals surface area (Å²) in [5, 5.41) is 8.98. The van der Waals surface area contributed by atoms with E-state index in [9.17, 15) is 4.79 Å². The van der Waals surface area contributed by atoms with E-state index in [1.807, 2.05) is 39.8 Å². The standard InChI is InChI=1S/C11H18O3/c1-5-6-7-14-11(4)8(9(12)13)10(11,2)3/h5-6,8H,7H2,1-4H3,(H,12,13). The van der Waals surface area contributed by atoms with Gasteiger partial charge in [0.1, 0.15) is 0 Å². The Morgan fingerprint density at radius 2 is 2.07 bits per heavy atom. The number of carbonyl (C=O) groups is 1. The van der Waals surface area contributed by atoms with Crippen LogP contribution in [0, 0.1) is 11.3 Å². The number of carboxylic acids is 1. The molecular weight excluding hydrogens is 180 g/mol. The van der Waals surface area contributed by atoms with E-state index >= 15 is 0 Å². The summed E-state index contributed by atoms with van der Waals surface area (Å²) in [4.78, 5) is 10.9. The second-order valence-corrected chi connectivity index (χ2v) is 4.48. The molecule has 0 aromatic carbocycles. The normalized spacial score (nSPS) is 34.7. The molecule has 1 fully saturated rings. The molecule has 1 saturated carbocycles. The van der Waals surface area contributed by atoms with Crippen LogP contribution in [0.25, 0.3) is 0 Å². The third kappa shape index (κ3) is 1.46. The number of hydrogen-bond acceptors (Lipinski definition) is 2. The smallest absolute Gasteiger partial charge is 0.310 e. The minimum atomic E-state index is -0.766. The molecule has 0 radical (unpaired) electrons. The molecule has 3 nitrogen and oxygen atoms in total. The molecule has 0 aromatic rings. The van der Waals surface area contributed by atoms with Gasteiger partial charge in [0.2, 0.25) is 0 Å². The maximum atomic E-state index is 10.9. The molecule has 1 rings (SSSR count). The zero-order chi connectivity index (χ0) is 11.0. The summed E-state index contributed by atoms with van der Waals surface area (Å²) in [6.07, 6.45) is 3.78. The van der Waals surface area contributed by atoms with Crippen molar-refractivity contribution in [3.63, 3.8) is 0 Å². The van der Waals surface area contributed by atoms with E-state index in [4.69, 9.17) is 9.84 Å². The molecule has 2 unspecified atom stereocenters. The summed E-state index contributed by atoms with van der Waals surface area (Å²) in [5.74, 6) is -1.15. The number of ether oxygens (including phenoxy) is 1. The van der Waals surface area contributed by atoms with E-state index in [-0.39, 0.29) is 11.3 Å². The molecule has 0 aliphatic heterocycles. The van der Waals surface area contributed by atoms with Crippen LogP contribution in [0.3, 0.4) is 0 Å². The molecule has 0 spiro atoms. The summed E-state index contributed by atoms with van der Waals surface area (Å²) >= 11 is 0. The van der Waals surface area contributed by atoms with Crippen LogP contribution in [0.5, 0.6) is 0 Å². The van der Waals surface area contributed by atoms with Gasteiger partial charge in [-0.05, 0) is 13.8 Å². The van der Waals surface area contributed by atoms with Crippen molar-refractivity contribution in [1.29, 1.82) is 0 Å². The van der Waals surface area contributed by atoms with Crippen molar-refractivity contribution in [2.75, 3.05) is 6.61 Å². The van der Waals surface area contributed by atoms with Crippen LogP contribution in [0.15, 0.2) is 12.2 Å². The van der Waals surface area contributed by atoms with Crippen molar-refractivity contribution in [3.8, 4) is 0 Å². The zero-order valence-corrected chi connectivity index (χ0v) is 9.20. The fourth-order valence-corrected chi connectivity index (χ4v) is 2.07. The molecule has 2 atom stereocenters. The van der Waals surface area contributed by atoms with Gasteiger partial charge >= 0.3 is 5.97 Å². The van der Waals surface area contributed by atoms with Crippen LogP contribution < -0.4 is 0 Å². The topological polar surface area (TPSA) is 46.5 Å². The molecule has 1 aliphatic rings. The van der Waals surface area contributed by atoms with Crippen LogP contribution in [0.2, 0.25) is 0 Å². The Morgan fingerprint density at radius 1 is 1.50 bits per heavy atom. The lowest BCUT2D eigenvalue weighted by molar-refractivity contribution is -0.140. The second kappa shape index (κ2) is 3.39. The van der Waals surface area contributed by atoms with Gasteiger partial charge in [-0.25, -0.2) is 0 Å². The lowest BCUT2D eigenvalue weighted by Crippen LogP contribution is -2.19. The lowest BCUT2D eigenvalue weighted by atomic mass is 10.1. The Labute approximate surface area is 84.8 Å². The molecule has 1 aliphatic carbocycles. The van der Waals surface area contributed by atoms with E-state index in [2.05, 4.69) is 0 Å². The largest absolute Gasteiger partial charge is 0.481 e. The Kier molecular flexibility index (Phi) is 2.72. The minimum Gasteiger partial charge on any atom is -0.481 e. The van der Waals surface area contributed by atoms with Crippen molar-refractivity contribution in [2.24, 2.45) is 11.3 Å². The summed E-state index contributed by atoms with van der Waals surface area (Å²) in [6.45, 7) is 8.14. The maximum Gasteiger partial charge on any atom is 0.310 e. The summed E-state index contributed by atoms with van der Waals surface area (Å²) < 4.78 is 5.60. The zero-order valence-electron chi connectivity index (χ0n) is 9.20. The first kappa shape index (κ1) is 11.2. The van der Waals surface area contributed by atoms with Gasteiger partial charge in [-0.2, -0.15) is 0 Å². The second-order valence-electron chi connectivity index (χ2n) is 4.48. The third-order valence-electron chi connectivity index (χ3n) is 3.43. The van der Waals surface area contributed by atoms with E-state index in [1.54, 1.807) is 0 Å². The van der Waals surface area contributed by atoms with Crippen LogP contribution in [-0.4, -0.2) is 23.3 Å². The first-order valence-corrected chi connectivity index (χ1v) is 4.86. The minimum absolute atomic E-state index is 0.263. The van der Waals surface area contributed by atoms with Crippen molar-refractivity contribution in [2.45, 2.75) is 33.3 Å². The first-order chi connectivity index (χ1) is 6.38. The summed E-state index contributed by atoms with van der Waals surface area (Å²) in [6, 6.07) is 0. The van der Waals surface area contributed by atoms with Crippen molar-refractivity contribution >= 4 is 5.97 Å². The summed E-state index contributed by atoms with van der Waals surface area (Å²) in [5.41, 5.74) is -0.779. The molecule has 0 bridgehead atoms. The molecule has 1 N–H and O–H groups in total. The van der Waals surface area contributed by atoms with Crippen LogP contribution in [0.1, 0.15) is 27.7 Å². The molecule has 14 heavy (non-hydrogen) atoms. The van der Waals surface area contributed by atoms with Crippen LogP contribution in [-0.2, 0) is 9.53 Å². The SMILES string of the molecule is CC=CCOC1(C)C(C(=O)O)C1(C)C. The Hall–Kier alpha value is -0.830. The number of carboxylic acid groups (broad SMARTS) is 1. The van der Waals surface area contributed by atoms with Crippen LogP contribution in [0.4, 0.5) is 0 Å². The Balaban J connectivity index is 2.63. The van der Waals surface area contributed by atoms with Crippen molar-refractivity contribution in [3.05, 3.63) is 12.2 Å². The van der Waals surface area contributed by atoms with Gasteiger partial charge in [0.05, 0.1) is 18.1 Å². The quantitative estimate of drug-likeness (QED) is 0.703. The van der Waals surface area contributed by atoms with E-state index in [0.29, 0.717) is 6.61 Å². The monoisotopic (exact) mass is 198 g/mol. The highest BCUT2D eigenvalue weighted by atomic mass is 16.5. The van der Waals surface area contributed by atoms with Gasteiger partial charge in [0.25, 0.3) is 0 Å².